The SMILES string of the molecule is Cc1cccc(CNC(=O)C2CCN(S(=O)(=O)Cc3ccccc3C)CC2)c1. The summed E-state index contributed by atoms with van der Waals surface area (Å²) in [6.07, 6.45) is 1.12. The fourth-order valence-corrected chi connectivity index (χ4v) is 5.28. The van der Waals surface area contributed by atoms with E-state index in [2.05, 4.69) is 11.4 Å². The normalized spacial score (nSPS) is 16.1. The summed E-state index contributed by atoms with van der Waals surface area (Å²) in [6.45, 7) is 5.26. The molecule has 6 heteroatoms. The lowest BCUT2D eigenvalue weighted by molar-refractivity contribution is -0.126. The Hall–Kier alpha value is -2.18. The van der Waals surface area contributed by atoms with Gasteiger partial charge in [0.25, 0.3) is 0 Å². The molecule has 1 heterocycles. The largest absolute Gasteiger partial charge is 0.352 e. The van der Waals surface area contributed by atoms with E-state index in [4.69, 9.17) is 0 Å². The van der Waals surface area contributed by atoms with E-state index in [0.29, 0.717) is 32.5 Å². The zero-order valence-corrected chi connectivity index (χ0v) is 17.3. The number of carbonyl (C=O) groups is 1. The predicted octanol–water partition coefficient (Wildman–Crippen LogP) is 3.16. The highest BCUT2D eigenvalue weighted by Gasteiger charge is 2.31. The Morgan fingerprint density at radius 3 is 2.46 bits per heavy atom. The molecule has 0 unspecified atom stereocenters. The summed E-state index contributed by atoms with van der Waals surface area (Å²) >= 11 is 0. The van der Waals surface area contributed by atoms with E-state index in [9.17, 15) is 13.2 Å². The molecule has 1 amide bonds. The Bertz CT molecular complexity index is 932. The van der Waals surface area contributed by atoms with E-state index < -0.39 is 10.0 Å². The van der Waals surface area contributed by atoms with Crippen molar-refractivity contribution < 1.29 is 13.2 Å². The van der Waals surface area contributed by atoms with Crippen LogP contribution in [0.25, 0.3) is 0 Å². The first-order chi connectivity index (χ1) is 13.3. The summed E-state index contributed by atoms with van der Waals surface area (Å²) in [6, 6.07) is 15.6. The first kappa shape index (κ1) is 20.6. The minimum absolute atomic E-state index is 0.0115. The van der Waals surface area contributed by atoms with E-state index in [-0.39, 0.29) is 17.6 Å². The Balaban J connectivity index is 1.52. The zero-order chi connectivity index (χ0) is 20.1. The first-order valence-electron chi connectivity index (χ1n) is 9.71. The van der Waals surface area contributed by atoms with Gasteiger partial charge in [-0.25, -0.2) is 12.7 Å². The molecule has 1 saturated heterocycles. The Morgan fingerprint density at radius 2 is 1.79 bits per heavy atom. The van der Waals surface area contributed by atoms with Crippen molar-refractivity contribution in [1.82, 2.24) is 9.62 Å². The molecule has 3 rings (SSSR count). The third kappa shape index (κ3) is 5.20. The zero-order valence-electron chi connectivity index (χ0n) is 16.5. The van der Waals surface area contributed by atoms with E-state index >= 15 is 0 Å². The Kier molecular flexibility index (Phi) is 6.52. The maximum absolute atomic E-state index is 12.8. The van der Waals surface area contributed by atoms with Gasteiger partial charge in [0.15, 0.2) is 0 Å². The van der Waals surface area contributed by atoms with Crippen LogP contribution in [0.3, 0.4) is 0 Å². The number of nitrogens with one attached hydrogen (secondary N) is 1. The summed E-state index contributed by atoms with van der Waals surface area (Å²) < 4.78 is 27.0. The monoisotopic (exact) mass is 400 g/mol. The molecule has 0 atom stereocenters. The molecule has 150 valence electrons. The number of carbonyl (C=O) groups excluding carboxylic acids is 1. The molecule has 1 fully saturated rings. The number of amides is 1. The second kappa shape index (κ2) is 8.88. The van der Waals surface area contributed by atoms with E-state index in [1.165, 1.54) is 9.87 Å². The Morgan fingerprint density at radius 1 is 1.07 bits per heavy atom. The number of hydrogen-bond acceptors (Lipinski definition) is 3. The van der Waals surface area contributed by atoms with Gasteiger partial charge in [-0.3, -0.25) is 4.79 Å². The minimum Gasteiger partial charge on any atom is -0.352 e. The number of sulfonamides is 1. The van der Waals surface area contributed by atoms with Crippen LogP contribution in [0.5, 0.6) is 0 Å². The molecule has 0 radical (unpaired) electrons. The third-order valence-electron chi connectivity index (χ3n) is 5.37. The molecule has 0 bridgehead atoms. The topological polar surface area (TPSA) is 66.5 Å². The van der Waals surface area contributed by atoms with Crippen molar-refractivity contribution in [3.05, 3.63) is 70.8 Å². The van der Waals surface area contributed by atoms with Gasteiger partial charge < -0.3 is 5.32 Å². The van der Waals surface area contributed by atoms with Crippen LogP contribution < -0.4 is 5.32 Å². The fourth-order valence-electron chi connectivity index (χ4n) is 3.61. The van der Waals surface area contributed by atoms with Gasteiger partial charge in [0.2, 0.25) is 15.9 Å². The van der Waals surface area contributed by atoms with E-state index in [1.807, 2.05) is 56.3 Å². The number of hydrogen-bond donors (Lipinski definition) is 1. The van der Waals surface area contributed by atoms with E-state index in [0.717, 1.165) is 16.7 Å². The van der Waals surface area contributed by atoms with Crippen LogP contribution in [0.1, 0.15) is 35.1 Å². The molecule has 1 N–H and O–H groups in total. The van der Waals surface area contributed by atoms with Crippen LogP contribution in [0.4, 0.5) is 0 Å². The van der Waals surface area contributed by atoms with Crippen molar-refractivity contribution >= 4 is 15.9 Å². The lowest BCUT2D eigenvalue weighted by Crippen LogP contribution is -2.43. The number of nitrogens with zero attached hydrogens (tertiary/aromatic N) is 1. The molecule has 2 aromatic rings. The molecular weight excluding hydrogens is 372 g/mol. The van der Waals surface area contributed by atoms with Crippen molar-refractivity contribution in [3.8, 4) is 0 Å². The lowest BCUT2D eigenvalue weighted by atomic mass is 9.97. The maximum atomic E-state index is 12.8. The fraction of sp³-hybridized carbons (Fsp3) is 0.409. The molecule has 2 aromatic carbocycles. The highest BCUT2D eigenvalue weighted by atomic mass is 32.2. The molecule has 0 aliphatic carbocycles. The van der Waals surface area contributed by atoms with Crippen molar-refractivity contribution in [2.24, 2.45) is 5.92 Å². The summed E-state index contributed by atoms with van der Waals surface area (Å²) in [5.74, 6) is -0.101. The third-order valence-corrected chi connectivity index (χ3v) is 7.19. The molecule has 5 nitrogen and oxygen atoms in total. The summed E-state index contributed by atoms with van der Waals surface area (Å²) in [7, 11) is -3.37. The quantitative estimate of drug-likeness (QED) is 0.810. The second-order valence-electron chi connectivity index (χ2n) is 7.56. The van der Waals surface area contributed by atoms with Gasteiger partial charge in [0.1, 0.15) is 0 Å². The molecule has 1 aliphatic rings. The summed E-state index contributed by atoms with van der Waals surface area (Å²) in [4.78, 5) is 12.5. The van der Waals surface area contributed by atoms with Crippen LogP contribution in [-0.2, 0) is 27.1 Å². The first-order valence-corrected chi connectivity index (χ1v) is 11.3. The van der Waals surface area contributed by atoms with Gasteiger partial charge in [-0.2, -0.15) is 0 Å². The molecule has 0 aromatic heterocycles. The number of rotatable bonds is 6. The van der Waals surface area contributed by atoms with Gasteiger partial charge in [0, 0.05) is 25.6 Å². The van der Waals surface area contributed by atoms with Crippen LogP contribution >= 0.6 is 0 Å². The van der Waals surface area contributed by atoms with Crippen LogP contribution in [0.15, 0.2) is 48.5 Å². The average molecular weight is 401 g/mol. The number of benzene rings is 2. The smallest absolute Gasteiger partial charge is 0.223 e. The lowest BCUT2D eigenvalue weighted by Gasteiger charge is -2.30. The molecule has 0 spiro atoms. The highest BCUT2D eigenvalue weighted by molar-refractivity contribution is 7.88. The van der Waals surface area contributed by atoms with Crippen molar-refractivity contribution in [1.29, 1.82) is 0 Å². The van der Waals surface area contributed by atoms with Crippen molar-refractivity contribution in [2.75, 3.05) is 13.1 Å². The second-order valence-corrected chi connectivity index (χ2v) is 9.53. The average Bonchev–Trinajstić information content (AvgIpc) is 2.68. The van der Waals surface area contributed by atoms with Gasteiger partial charge >= 0.3 is 0 Å². The van der Waals surface area contributed by atoms with Gasteiger partial charge in [-0.1, -0.05) is 54.1 Å². The van der Waals surface area contributed by atoms with Gasteiger partial charge in [-0.15, -0.1) is 0 Å². The van der Waals surface area contributed by atoms with Gasteiger partial charge in [-0.05, 0) is 43.4 Å². The van der Waals surface area contributed by atoms with Gasteiger partial charge in [0.05, 0.1) is 5.75 Å². The number of piperidine rings is 1. The molecular formula is C22H28N2O3S. The standard InChI is InChI=1S/C22H28N2O3S/c1-17-6-5-8-19(14-17)15-23-22(25)20-10-12-24(13-11-20)28(26,27)16-21-9-4-3-7-18(21)2/h3-9,14,20H,10-13,15-16H2,1-2H3,(H,23,25). The van der Waals surface area contributed by atoms with Crippen LogP contribution in [-0.4, -0.2) is 31.7 Å². The van der Waals surface area contributed by atoms with E-state index in [1.54, 1.807) is 0 Å². The molecule has 0 saturated carbocycles. The Labute approximate surface area is 167 Å². The maximum Gasteiger partial charge on any atom is 0.223 e. The van der Waals surface area contributed by atoms with Crippen LogP contribution in [0, 0.1) is 19.8 Å². The summed E-state index contributed by atoms with van der Waals surface area (Å²) in [5, 5.41) is 2.99. The van der Waals surface area contributed by atoms with Crippen LogP contribution in [0.2, 0.25) is 0 Å². The summed E-state index contributed by atoms with van der Waals surface area (Å²) in [5.41, 5.74) is 4.06. The molecule has 28 heavy (non-hydrogen) atoms. The highest BCUT2D eigenvalue weighted by Crippen LogP contribution is 2.23. The van der Waals surface area contributed by atoms with Crippen molar-refractivity contribution in [2.45, 2.75) is 39.0 Å². The predicted molar refractivity (Wildman–Crippen MR) is 111 cm³/mol. The van der Waals surface area contributed by atoms with Crippen molar-refractivity contribution in [3.63, 3.8) is 0 Å². The number of aryl methyl sites for hydroxylation is 2. The minimum atomic E-state index is -3.37. The molecule has 1 aliphatic heterocycles.